The summed E-state index contributed by atoms with van der Waals surface area (Å²) >= 11 is 0. The molecule has 0 bridgehead atoms. The number of halogens is 1. The van der Waals surface area contributed by atoms with Gasteiger partial charge in [0, 0.05) is 30.3 Å². The molecule has 216 valence electrons. The Bertz CT molecular complexity index is 1340. The van der Waals surface area contributed by atoms with Crippen LogP contribution in [0, 0.1) is 5.41 Å². The fraction of sp³-hybridized carbons (Fsp3) is 0.464. The minimum atomic E-state index is -0.411. The van der Waals surface area contributed by atoms with Crippen molar-refractivity contribution >= 4 is 46.2 Å². The van der Waals surface area contributed by atoms with Crippen LogP contribution in [0.5, 0.6) is 11.5 Å². The molecule has 0 radical (unpaired) electrons. The molecule has 0 atom stereocenters. The van der Waals surface area contributed by atoms with Gasteiger partial charge in [0.2, 0.25) is 0 Å². The van der Waals surface area contributed by atoms with Gasteiger partial charge in [0.25, 0.3) is 5.91 Å². The molecule has 12 heteroatoms. The van der Waals surface area contributed by atoms with Gasteiger partial charge in [0.05, 0.1) is 32.5 Å². The van der Waals surface area contributed by atoms with Gasteiger partial charge in [0.15, 0.2) is 17.2 Å². The smallest absolute Gasteiger partial charge is 0.325 e. The number of ketones is 1. The summed E-state index contributed by atoms with van der Waals surface area (Å²) in [6.07, 6.45) is 0. The third-order valence-electron chi connectivity index (χ3n) is 6.74. The van der Waals surface area contributed by atoms with Gasteiger partial charge in [-0.1, -0.05) is 20.8 Å². The fourth-order valence-corrected chi connectivity index (χ4v) is 4.72. The molecule has 0 aliphatic carbocycles. The first-order chi connectivity index (χ1) is 18.5. The number of benzene rings is 1. The highest BCUT2D eigenvalue weighted by Crippen LogP contribution is 2.42. The molecule has 0 saturated carbocycles. The van der Waals surface area contributed by atoms with E-state index in [-0.39, 0.29) is 65.3 Å². The van der Waals surface area contributed by atoms with Crippen LogP contribution < -0.4 is 19.7 Å². The summed E-state index contributed by atoms with van der Waals surface area (Å²) in [5.74, 6) is 0.0789. The zero-order valence-corrected chi connectivity index (χ0v) is 25.4. The van der Waals surface area contributed by atoms with Crippen LogP contribution in [0.2, 0.25) is 0 Å². The first-order valence-electron chi connectivity index (χ1n) is 12.9. The molecule has 11 nitrogen and oxygen atoms in total. The molecular formula is C28H36BrN5O6. The van der Waals surface area contributed by atoms with Crippen LogP contribution >= 0.6 is 17.0 Å². The van der Waals surface area contributed by atoms with Gasteiger partial charge >= 0.3 is 5.97 Å². The topological polar surface area (TPSA) is 134 Å². The Labute approximate surface area is 244 Å². The lowest BCUT2D eigenvalue weighted by Crippen LogP contribution is -2.38. The lowest BCUT2D eigenvalue weighted by atomic mass is 9.84. The number of nitrogens with one attached hydrogen (secondary N) is 2. The number of aromatic nitrogens is 1. The number of amides is 1. The van der Waals surface area contributed by atoms with Crippen molar-refractivity contribution in [2.24, 2.45) is 0 Å². The standard InChI is InChI=1S/C28H35N5O6.BrH/c1-7-38-21-12-17-13-33(26(29)23(17)31-24(21)27(36)30-5)14-20(34)16-10-18(28(2,3)4)25-19(11-16)32(8-9-39-25)15-22(35)37-6;/h10-12,29H,7-9,13-15H2,1-6H3,(H,30,36);1H. The van der Waals surface area contributed by atoms with Crippen LogP contribution in [0.25, 0.3) is 0 Å². The fourth-order valence-electron chi connectivity index (χ4n) is 4.72. The minimum Gasteiger partial charge on any atom is -0.491 e. The maximum atomic E-state index is 13.6. The first kappa shape index (κ1) is 30.9. The van der Waals surface area contributed by atoms with Crippen LogP contribution in [0.1, 0.15) is 65.4 Å². The molecule has 3 heterocycles. The van der Waals surface area contributed by atoms with Crippen molar-refractivity contribution in [2.45, 2.75) is 39.7 Å². The van der Waals surface area contributed by atoms with Crippen LogP contribution in [-0.2, 0) is 21.5 Å². The maximum Gasteiger partial charge on any atom is 0.325 e. The number of esters is 1. The average molecular weight is 619 g/mol. The molecule has 0 spiro atoms. The second-order valence-electron chi connectivity index (χ2n) is 10.5. The van der Waals surface area contributed by atoms with E-state index in [1.807, 2.05) is 38.7 Å². The van der Waals surface area contributed by atoms with Gasteiger partial charge in [-0.15, -0.1) is 17.0 Å². The van der Waals surface area contributed by atoms with Crippen LogP contribution in [0.3, 0.4) is 0 Å². The summed E-state index contributed by atoms with van der Waals surface area (Å²) in [6, 6.07) is 5.30. The summed E-state index contributed by atoms with van der Waals surface area (Å²) in [7, 11) is 2.85. The summed E-state index contributed by atoms with van der Waals surface area (Å²) in [4.78, 5) is 46.0. The largest absolute Gasteiger partial charge is 0.491 e. The van der Waals surface area contributed by atoms with Crippen molar-refractivity contribution in [3.8, 4) is 11.5 Å². The highest BCUT2D eigenvalue weighted by Gasteiger charge is 2.33. The lowest BCUT2D eigenvalue weighted by molar-refractivity contribution is -0.139. The number of rotatable bonds is 8. The van der Waals surface area contributed by atoms with E-state index >= 15 is 0 Å². The molecule has 0 fully saturated rings. The molecule has 1 amide bonds. The van der Waals surface area contributed by atoms with E-state index in [1.165, 1.54) is 14.2 Å². The number of hydrogen-bond acceptors (Lipinski definition) is 9. The van der Waals surface area contributed by atoms with Gasteiger partial charge < -0.3 is 29.3 Å². The number of methoxy groups -OCH3 is 1. The molecule has 2 aliphatic heterocycles. The van der Waals surface area contributed by atoms with Gasteiger partial charge in [-0.25, -0.2) is 4.98 Å². The Morgan fingerprint density at radius 3 is 2.50 bits per heavy atom. The van der Waals surface area contributed by atoms with E-state index in [0.717, 1.165) is 5.56 Å². The van der Waals surface area contributed by atoms with E-state index < -0.39 is 5.91 Å². The number of carbonyl (C=O) groups is 3. The van der Waals surface area contributed by atoms with Crippen molar-refractivity contribution < 1.29 is 28.6 Å². The van der Waals surface area contributed by atoms with Gasteiger partial charge in [-0.3, -0.25) is 19.8 Å². The zero-order valence-electron chi connectivity index (χ0n) is 23.7. The Morgan fingerprint density at radius 2 is 1.88 bits per heavy atom. The van der Waals surface area contributed by atoms with Crippen molar-refractivity contribution in [3.63, 3.8) is 0 Å². The summed E-state index contributed by atoms with van der Waals surface area (Å²) in [5, 5.41) is 11.2. The molecule has 2 aromatic rings. The quantitative estimate of drug-likeness (QED) is 0.338. The number of fused-ring (bicyclic) bond motifs is 2. The number of ether oxygens (including phenoxy) is 3. The molecule has 2 N–H and O–H groups in total. The molecular weight excluding hydrogens is 582 g/mol. The van der Waals surface area contributed by atoms with Gasteiger partial charge in [-0.05, 0) is 30.5 Å². The van der Waals surface area contributed by atoms with Crippen LogP contribution in [0.15, 0.2) is 18.2 Å². The lowest BCUT2D eigenvalue weighted by Gasteiger charge is -2.35. The highest BCUT2D eigenvalue weighted by atomic mass is 79.9. The van der Waals surface area contributed by atoms with Crippen molar-refractivity contribution in [1.29, 1.82) is 5.41 Å². The molecule has 4 rings (SSSR count). The number of nitrogens with zero attached hydrogens (tertiary/aromatic N) is 3. The second kappa shape index (κ2) is 12.2. The number of pyridine rings is 1. The van der Waals surface area contributed by atoms with Crippen molar-refractivity contribution in [1.82, 2.24) is 15.2 Å². The molecule has 1 aromatic carbocycles. The Balaban J connectivity index is 0.00000441. The third-order valence-corrected chi connectivity index (χ3v) is 6.74. The summed E-state index contributed by atoms with van der Waals surface area (Å²) < 4.78 is 16.5. The normalized spacial score (nSPS) is 14.0. The molecule has 0 saturated heterocycles. The van der Waals surface area contributed by atoms with Crippen molar-refractivity contribution in [2.75, 3.05) is 51.9 Å². The summed E-state index contributed by atoms with van der Waals surface area (Å²) in [5.41, 5.74) is 2.81. The first-order valence-corrected chi connectivity index (χ1v) is 12.9. The number of carbonyl (C=O) groups excluding carboxylic acids is 3. The van der Waals surface area contributed by atoms with E-state index in [2.05, 4.69) is 10.3 Å². The minimum absolute atomic E-state index is 0. The van der Waals surface area contributed by atoms with Gasteiger partial charge in [-0.2, -0.15) is 0 Å². The maximum absolute atomic E-state index is 13.6. The van der Waals surface area contributed by atoms with E-state index in [1.54, 1.807) is 17.0 Å². The molecule has 0 unspecified atom stereocenters. The Kier molecular flexibility index (Phi) is 9.44. The predicted molar refractivity (Wildman–Crippen MR) is 156 cm³/mol. The van der Waals surface area contributed by atoms with E-state index in [9.17, 15) is 14.4 Å². The van der Waals surface area contributed by atoms with Crippen LogP contribution in [0.4, 0.5) is 5.69 Å². The number of anilines is 1. The average Bonchev–Trinajstić information content (AvgIpc) is 3.20. The predicted octanol–water partition coefficient (Wildman–Crippen LogP) is 3.11. The van der Waals surface area contributed by atoms with Gasteiger partial charge in [0.1, 0.15) is 30.4 Å². The summed E-state index contributed by atoms with van der Waals surface area (Å²) in [6.45, 7) is 9.46. The number of Topliss-reactive ketones (excluding diaryl/α,β-unsaturated/α-hetero) is 1. The molecule has 1 aromatic heterocycles. The molecule has 2 aliphatic rings. The van der Waals surface area contributed by atoms with Crippen molar-refractivity contribution in [3.05, 3.63) is 46.3 Å². The third kappa shape index (κ3) is 6.06. The van der Waals surface area contributed by atoms with E-state index in [0.29, 0.717) is 53.8 Å². The Hall–Kier alpha value is -3.67. The second-order valence-corrected chi connectivity index (χ2v) is 10.5. The van der Waals surface area contributed by atoms with Crippen LogP contribution in [-0.4, -0.2) is 80.4 Å². The zero-order chi connectivity index (χ0) is 28.5. The number of hydrogen-bond donors (Lipinski definition) is 2. The SMILES string of the molecule is Br.CCOc1cc2c(nc1C(=O)NC)C(=N)N(CC(=O)c1cc3c(c(C(C)(C)C)c1)OCCN3CC(=O)OC)C2. The van der Waals surface area contributed by atoms with E-state index in [4.69, 9.17) is 19.6 Å². The number of amidine groups is 1. The molecule has 40 heavy (non-hydrogen) atoms. The highest BCUT2D eigenvalue weighted by molar-refractivity contribution is 8.93. The monoisotopic (exact) mass is 617 g/mol. The Morgan fingerprint density at radius 1 is 1.15 bits per heavy atom.